The van der Waals surface area contributed by atoms with Crippen molar-refractivity contribution in [2.45, 2.75) is 13.8 Å². The topological polar surface area (TPSA) is 32.7 Å². The minimum absolute atomic E-state index is 0.0690. The molecule has 3 nitrogen and oxygen atoms in total. The quantitative estimate of drug-likeness (QED) is 0.397. The maximum Gasteiger partial charge on any atom is 0.271 e. The van der Waals surface area contributed by atoms with Crippen molar-refractivity contribution in [1.29, 1.82) is 0 Å². The molecule has 5 heteroatoms. The Morgan fingerprint density at radius 1 is 0.897 bits per heavy atom. The van der Waals surface area contributed by atoms with Gasteiger partial charge in [-0.3, -0.25) is 9.69 Å². The lowest BCUT2D eigenvalue weighted by Gasteiger charge is -2.16. The molecule has 1 aliphatic heterocycles. The molecule has 0 radical (unpaired) electrons. The summed E-state index contributed by atoms with van der Waals surface area (Å²) >= 11 is 4.95. The monoisotopic (exact) mass is 462 g/mol. The molecule has 0 aliphatic carbocycles. The van der Waals surface area contributed by atoms with E-state index in [0.717, 1.165) is 27.0 Å². The number of benzene rings is 3. The lowest BCUT2D eigenvalue weighted by Crippen LogP contribution is -2.28. The Morgan fingerprint density at radius 2 is 1.52 bits per heavy atom. The number of aliphatic imine (C=N–C) groups is 1. The first-order valence-corrected chi connectivity index (χ1v) is 10.8. The van der Waals surface area contributed by atoms with E-state index in [2.05, 4.69) is 15.9 Å². The molecule has 0 unspecified atom stereocenters. The van der Waals surface area contributed by atoms with Crippen molar-refractivity contribution in [3.05, 3.63) is 98.9 Å². The molecule has 0 aromatic heterocycles. The zero-order chi connectivity index (χ0) is 20.4. The van der Waals surface area contributed by atoms with Crippen LogP contribution >= 0.6 is 27.7 Å². The van der Waals surface area contributed by atoms with Gasteiger partial charge >= 0.3 is 0 Å². The van der Waals surface area contributed by atoms with Crippen LogP contribution in [0.4, 0.5) is 11.4 Å². The van der Waals surface area contributed by atoms with Gasteiger partial charge in [0.05, 0.1) is 16.3 Å². The summed E-state index contributed by atoms with van der Waals surface area (Å²) < 4.78 is 0.951. The highest BCUT2D eigenvalue weighted by atomic mass is 79.9. The van der Waals surface area contributed by atoms with E-state index in [4.69, 9.17) is 4.99 Å². The summed E-state index contributed by atoms with van der Waals surface area (Å²) in [6, 6.07) is 23.8. The molecule has 3 aromatic carbocycles. The van der Waals surface area contributed by atoms with Gasteiger partial charge in [0.2, 0.25) is 0 Å². The van der Waals surface area contributed by atoms with Gasteiger partial charge in [0, 0.05) is 4.47 Å². The largest absolute Gasteiger partial charge is 0.271 e. The molecule has 4 rings (SSSR count). The molecule has 0 bridgehead atoms. The van der Waals surface area contributed by atoms with Crippen molar-refractivity contribution in [2.24, 2.45) is 4.99 Å². The van der Waals surface area contributed by atoms with Crippen LogP contribution in [0, 0.1) is 13.8 Å². The van der Waals surface area contributed by atoms with Crippen molar-refractivity contribution >= 4 is 56.2 Å². The van der Waals surface area contributed by atoms with Crippen molar-refractivity contribution in [1.82, 2.24) is 0 Å². The molecule has 1 saturated heterocycles. The zero-order valence-electron chi connectivity index (χ0n) is 16.1. The third-order valence-corrected chi connectivity index (χ3v) is 6.24. The highest BCUT2D eigenvalue weighted by molar-refractivity contribution is 9.10. The number of halogens is 1. The summed E-state index contributed by atoms with van der Waals surface area (Å²) in [7, 11) is 0. The van der Waals surface area contributed by atoms with Gasteiger partial charge in [0.1, 0.15) is 0 Å². The molecule has 1 fully saturated rings. The Labute approximate surface area is 183 Å². The lowest BCUT2D eigenvalue weighted by atomic mass is 10.2. The Bertz CT molecular complexity index is 1120. The highest BCUT2D eigenvalue weighted by Crippen LogP contribution is 2.38. The van der Waals surface area contributed by atoms with Crippen LogP contribution in [-0.2, 0) is 4.79 Å². The number of thioether (sulfide) groups is 1. The van der Waals surface area contributed by atoms with Gasteiger partial charge in [-0.15, -0.1) is 0 Å². The average molecular weight is 463 g/mol. The number of amides is 1. The normalized spacial score (nSPS) is 16.8. The molecular formula is C24H19BrN2OS. The number of nitrogens with zero attached hydrogens (tertiary/aromatic N) is 2. The third kappa shape index (κ3) is 4.36. The Kier molecular flexibility index (Phi) is 5.69. The van der Waals surface area contributed by atoms with Crippen LogP contribution in [0.15, 0.2) is 87.2 Å². The average Bonchev–Trinajstić information content (AvgIpc) is 3.01. The first kappa shape index (κ1) is 19.7. The number of carbonyl (C=O) groups excluding carboxylic acids is 1. The number of anilines is 1. The minimum atomic E-state index is -0.0690. The molecule has 0 saturated carbocycles. The van der Waals surface area contributed by atoms with Crippen LogP contribution in [0.25, 0.3) is 6.08 Å². The van der Waals surface area contributed by atoms with Gasteiger partial charge in [0.25, 0.3) is 5.91 Å². The summed E-state index contributed by atoms with van der Waals surface area (Å²) in [6.45, 7) is 4.08. The van der Waals surface area contributed by atoms with E-state index in [1.165, 1.54) is 17.3 Å². The summed E-state index contributed by atoms with van der Waals surface area (Å²) in [4.78, 5) is 20.4. The number of carbonyl (C=O) groups is 1. The summed E-state index contributed by atoms with van der Waals surface area (Å²) in [5.74, 6) is -0.0690. The minimum Gasteiger partial charge on any atom is -0.268 e. The second kappa shape index (κ2) is 8.39. The molecule has 1 heterocycles. The predicted molar refractivity (Wildman–Crippen MR) is 127 cm³/mol. The standard InChI is InChI=1S/C24H19BrN2OS/c1-16-7-11-19(12-8-16)26-24-27(20-13-9-17(2)10-14-20)23(28)22(29-24)15-18-5-3-4-6-21(18)25/h3-15H,1-2H3/b22-15+,26-24?. The van der Waals surface area contributed by atoms with Gasteiger partial charge in [-0.1, -0.05) is 69.5 Å². The van der Waals surface area contributed by atoms with Gasteiger partial charge in [0.15, 0.2) is 5.17 Å². The molecule has 1 aliphatic rings. The zero-order valence-corrected chi connectivity index (χ0v) is 18.5. The highest BCUT2D eigenvalue weighted by Gasteiger charge is 2.34. The fraction of sp³-hybridized carbons (Fsp3) is 0.0833. The molecule has 29 heavy (non-hydrogen) atoms. The molecule has 0 spiro atoms. The smallest absolute Gasteiger partial charge is 0.268 e. The summed E-state index contributed by atoms with van der Waals surface area (Å²) in [5.41, 5.74) is 4.92. The Morgan fingerprint density at radius 3 is 2.17 bits per heavy atom. The lowest BCUT2D eigenvalue weighted by molar-refractivity contribution is -0.113. The predicted octanol–water partition coefficient (Wildman–Crippen LogP) is 6.87. The number of hydrogen-bond donors (Lipinski definition) is 0. The first-order valence-electron chi connectivity index (χ1n) is 9.22. The maximum atomic E-state index is 13.3. The number of amidine groups is 1. The van der Waals surface area contributed by atoms with Crippen molar-refractivity contribution in [2.75, 3.05) is 4.90 Å². The van der Waals surface area contributed by atoms with Crippen LogP contribution in [-0.4, -0.2) is 11.1 Å². The van der Waals surface area contributed by atoms with E-state index in [-0.39, 0.29) is 5.91 Å². The fourth-order valence-electron chi connectivity index (χ4n) is 2.93. The van der Waals surface area contributed by atoms with Crippen LogP contribution in [0.2, 0.25) is 0 Å². The van der Waals surface area contributed by atoms with Crippen molar-refractivity contribution < 1.29 is 4.79 Å². The number of aryl methyl sites for hydroxylation is 2. The van der Waals surface area contributed by atoms with E-state index >= 15 is 0 Å². The molecule has 0 atom stereocenters. The van der Waals surface area contributed by atoms with E-state index in [1.807, 2.05) is 92.7 Å². The van der Waals surface area contributed by atoms with E-state index in [1.54, 1.807) is 4.90 Å². The van der Waals surface area contributed by atoms with Crippen LogP contribution in [0.5, 0.6) is 0 Å². The second-order valence-corrected chi connectivity index (χ2v) is 8.70. The van der Waals surface area contributed by atoms with Crippen LogP contribution in [0.1, 0.15) is 16.7 Å². The number of hydrogen-bond acceptors (Lipinski definition) is 3. The Hall–Kier alpha value is -2.63. The molecular weight excluding hydrogens is 444 g/mol. The van der Waals surface area contributed by atoms with Crippen LogP contribution < -0.4 is 4.90 Å². The van der Waals surface area contributed by atoms with Crippen molar-refractivity contribution in [3.8, 4) is 0 Å². The molecule has 3 aromatic rings. The first-order chi connectivity index (χ1) is 14.0. The van der Waals surface area contributed by atoms with Gasteiger partial charge in [-0.05, 0) is 67.6 Å². The molecule has 144 valence electrons. The van der Waals surface area contributed by atoms with E-state index in [9.17, 15) is 4.79 Å². The van der Waals surface area contributed by atoms with Gasteiger partial charge in [-0.25, -0.2) is 4.99 Å². The SMILES string of the molecule is Cc1ccc(N=C2S/C(=C/c3ccccc3Br)C(=O)N2c2ccc(C)cc2)cc1. The second-order valence-electron chi connectivity index (χ2n) is 6.84. The summed E-state index contributed by atoms with van der Waals surface area (Å²) in [5, 5.41) is 0.654. The van der Waals surface area contributed by atoms with E-state index < -0.39 is 0 Å². The summed E-state index contributed by atoms with van der Waals surface area (Å²) in [6.07, 6.45) is 1.91. The fourth-order valence-corrected chi connectivity index (χ4v) is 4.32. The third-order valence-electron chi connectivity index (χ3n) is 4.55. The maximum absolute atomic E-state index is 13.3. The molecule has 0 N–H and O–H groups in total. The molecule has 1 amide bonds. The van der Waals surface area contributed by atoms with Crippen LogP contribution in [0.3, 0.4) is 0 Å². The number of rotatable bonds is 3. The van der Waals surface area contributed by atoms with Crippen molar-refractivity contribution in [3.63, 3.8) is 0 Å². The van der Waals surface area contributed by atoms with Gasteiger partial charge in [-0.2, -0.15) is 0 Å². The van der Waals surface area contributed by atoms with Gasteiger partial charge < -0.3 is 0 Å². The van der Waals surface area contributed by atoms with E-state index in [0.29, 0.717) is 10.1 Å². The Balaban J connectivity index is 1.78.